The first-order valence-electron chi connectivity index (χ1n) is 11.4. The first kappa shape index (κ1) is 23.3. The minimum absolute atomic E-state index is 0.00767. The topological polar surface area (TPSA) is 104 Å². The van der Waals surface area contributed by atoms with Crippen LogP contribution in [0.3, 0.4) is 0 Å². The Bertz CT molecular complexity index is 1530. The predicted molar refractivity (Wildman–Crippen MR) is 130 cm³/mol. The Balaban J connectivity index is 1.85. The molecule has 0 radical (unpaired) electrons. The van der Waals surface area contributed by atoms with Crippen LogP contribution in [0.15, 0.2) is 70.8 Å². The van der Waals surface area contributed by atoms with Crippen LogP contribution in [0.5, 0.6) is 5.75 Å². The molecule has 3 aromatic rings. The zero-order valence-electron chi connectivity index (χ0n) is 20.0. The molecule has 1 spiro atoms. The molecule has 3 heterocycles. The number of anilines is 1. The Morgan fingerprint density at radius 1 is 1.14 bits per heavy atom. The van der Waals surface area contributed by atoms with Crippen molar-refractivity contribution in [2.24, 2.45) is 12.8 Å². The number of para-hydroxylation sites is 1. The highest BCUT2D eigenvalue weighted by Crippen LogP contribution is 2.54. The standard InChI is InChI=1S/C27H24FN3O5/c1-4-35-25(33)22-23(29)36-20-12-15(2)30(3)24(32)21(20)27(22)18-10-5-6-11-19(18)31(26(27)34)14-16-8-7-9-17(28)13-16/h5-13H,4,14,29H2,1-3H3. The van der Waals surface area contributed by atoms with Crippen LogP contribution in [0.4, 0.5) is 10.1 Å². The van der Waals surface area contributed by atoms with Crippen LogP contribution in [0.2, 0.25) is 0 Å². The second kappa shape index (κ2) is 8.37. The van der Waals surface area contributed by atoms with E-state index in [1.807, 2.05) is 0 Å². The van der Waals surface area contributed by atoms with Crippen LogP contribution in [0, 0.1) is 12.7 Å². The van der Waals surface area contributed by atoms with E-state index in [-0.39, 0.29) is 35.9 Å². The summed E-state index contributed by atoms with van der Waals surface area (Å²) in [5.41, 5.74) is 5.57. The van der Waals surface area contributed by atoms with Crippen LogP contribution in [-0.2, 0) is 33.3 Å². The number of esters is 1. The summed E-state index contributed by atoms with van der Waals surface area (Å²) < 4.78 is 26.4. The van der Waals surface area contributed by atoms with Gasteiger partial charge < -0.3 is 24.7 Å². The maximum absolute atomic E-state index is 14.5. The van der Waals surface area contributed by atoms with E-state index in [1.165, 1.54) is 21.6 Å². The quantitative estimate of drug-likeness (QED) is 0.566. The van der Waals surface area contributed by atoms with Gasteiger partial charge in [-0.25, -0.2) is 9.18 Å². The Morgan fingerprint density at radius 2 is 1.89 bits per heavy atom. The van der Waals surface area contributed by atoms with Gasteiger partial charge in [0, 0.05) is 30.1 Å². The summed E-state index contributed by atoms with van der Waals surface area (Å²) >= 11 is 0. The molecule has 1 atom stereocenters. The van der Waals surface area contributed by atoms with Gasteiger partial charge in [0.1, 0.15) is 22.6 Å². The molecule has 2 aliphatic rings. The third-order valence-corrected chi connectivity index (χ3v) is 6.72. The average Bonchev–Trinajstić information content (AvgIpc) is 3.06. The highest BCUT2D eigenvalue weighted by atomic mass is 19.1. The number of benzene rings is 2. The molecule has 0 fully saturated rings. The van der Waals surface area contributed by atoms with E-state index in [1.54, 1.807) is 63.4 Å². The van der Waals surface area contributed by atoms with E-state index < -0.39 is 28.7 Å². The lowest BCUT2D eigenvalue weighted by Crippen LogP contribution is -2.51. The van der Waals surface area contributed by atoms with Crippen molar-refractivity contribution in [2.45, 2.75) is 25.8 Å². The van der Waals surface area contributed by atoms with Crippen LogP contribution < -0.4 is 20.9 Å². The number of nitrogens with zero attached hydrogens (tertiary/aromatic N) is 2. The summed E-state index contributed by atoms with van der Waals surface area (Å²) in [6.07, 6.45) is 0. The number of aromatic nitrogens is 1. The Kier molecular flexibility index (Phi) is 5.43. The monoisotopic (exact) mass is 489 g/mol. The number of carbonyl (C=O) groups excluding carboxylic acids is 2. The van der Waals surface area contributed by atoms with Gasteiger partial charge in [-0.05, 0) is 37.6 Å². The number of amides is 1. The molecule has 2 aliphatic heterocycles. The van der Waals surface area contributed by atoms with Gasteiger partial charge in [0.2, 0.25) is 11.8 Å². The number of aryl methyl sites for hydroxylation is 1. The van der Waals surface area contributed by atoms with Crippen molar-refractivity contribution in [3.05, 3.63) is 105 Å². The lowest BCUT2D eigenvalue weighted by Gasteiger charge is -2.35. The molecule has 2 N–H and O–H groups in total. The Labute approximate surface area is 206 Å². The summed E-state index contributed by atoms with van der Waals surface area (Å²) in [4.78, 5) is 43.0. The predicted octanol–water partition coefficient (Wildman–Crippen LogP) is 2.79. The van der Waals surface area contributed by atoms with E-state index >= 15 is 0 Å². The normalized spacial score (nSPS) is 18.2. The second-order valence-corrected chi connectivity index (χ2v) is 8.74. The van der Waals surface area contributed by atoms with Crippen molar-refractivity contribution in [3.63, 3.8) is 0 Å². The number of carbonyl (C=O) groups is 2. The zero-order chi connectivity index (χ0) is 25.8. The number of hydrogen-bond acceptors (Lipinski definition) is 6. The van der Waals surface area contributed by atoms with Crippen molar-refractivity contribution in [1.82, 2.24) is 4.57 Å². The minimum atomic E-state index is -1.91. The maximum Gasteiger partial charge on any atom is 0.341 e. The molecule has 9 heteroatoms. The third kappa shape index (κ3) is 3.16. The van der Waals surface area contributed by atoms with Gasteiger partial charge in [-0.1, -0.05) is 30.3 Å². The van der Waals surface area contributed by atoms with Crippen molar-refractivity contribution < 1.29 is 23.5 Å². The van der Waals surface area contributed by atoms with Crippen LogP contribution in [-0.4, -0.2) is 23.1 Å². The number of hydrogen-bond donors (Lipinski definition) is 1. The van der Waals surface area contributed by atoms with Gasteiger partial charge in [0.15, 0.2) is 0 Å². The Morgan fingerprint density at radius 3 is 2.61 bits per heavy atom. The van der Waals surface area contributed by atoms with Crippen molar-refractivity contribution in [3.8, 4) is 5.75 Å². The largest absolute Gasteiger partial charge is 0.462 e. The van der Waals surface area contributed by atoms with E-state index in [0.29, 0.717) is 22.5 Å². The van der Waals surface area contributed by atoms with Crippen LogP contribution in [0.1, 0.15) is 29.3 Å². The van der Waals surface area contributed by atoms with Gasteiger partial charge in [0.25, 0.3) is 5.56 Å². The summed E-state index contributed by atoms with van der Waals surface area (Å²) in [5, 5.41) is 0. The molecule has 0 saturated heterocycles. The molecule has 8 nitrogen and oxygen atoms in total. The molecular formula is C27H24FN3O5. The summed E-state index contributed by atoms with van der Waals surface area (Å²) in [7, 11) is 1.58. The van der Waals surface area contributed by atoms with Gasteiger partial charge in [-0.3, -0.25) is 9.59 Å². The molecule has 1 unspecified atom stereocenters. The summed E-state index contributed by atoms with van der Waals surface area (Å²) in [6, 6.07) is 14.4. The first-order chi connectivity index (χ1) is 17.2. The number of pyridine rings is 1. The minimum Gasteiger partial charge on any atom is -0.462 e. The fourth-order valence-corrected chi connectivity index (χ4v) is 5.07. The first-order valence-corrected chi connectivity index (χ1v) is 11.4. The van der Waals surface area contributed by atoms with Crippen molar-refractivity contribution in [1.29, 1.82) is 0 Å². The fourth-order valence-electron chi connectivity index (χ4n) is 5.07. The van der Waals surface area contributed by atoms with Gasteiger partial charge >= 0.3 is 5.97 Å². The number of halogens is 1. The lowest BCUT2D eigenvalue weighted by atomic mass is 9.68. The summed E-state index contributed by atoms with van der Waals surface area (Å²) in [6.45, 7) is 3.38. The maximum atomic E-state index is 14.5. The molecule has 2 aromatic carbocycles. The molecule has 0 aliphatic carbocycles. The molecule has 0 bridgehead atoms. The molecule has 1 aromatic heterocycles. The highest BCUT2D eigenvalue weighted by Gasteiger charge is 2.62. The molecule has 1 amide bonds. The van der Waals surface area contributed by atoms with E-state index in [2.05, 4.69) is 0 Å². The molecule has 5 rings (SSSR count). The third-order valence-electron chi connectivity index (χ3n) is 6.72. The van der Waals surface area contributed by atoms with Crippen LogP contribution >= 0.6 is 0 Å². The van der Waals surface area contributed by atoms with Crippen molar-refractivity contribution >= 4 is 17.6 Å². The number of fused-ring (bicyclic) bond motifs is 4. The van der Waals surface area contributed by atoms with E-state index in [4.69, 9.17) is 15.2 Å². The smallest absolute Gasteiger partial charge is 0.341 e. The summed E-state index contributed by atoms with van der Waals surface area (Å²) in [5.74, 6) is -2.11. The molecule has 184 valence electrons. The fraction of sp³-hybridized carbons (Fsp3) is 0.222. The van der Waals surface area contributed by atoms with Gasteiger partial charge in [-0.2, -0.15) is 0 Å². The van der Waals surface area contributed by atoms with Crippen LogP contribution in [0.25, 0.3) is 0 Å². The van der Waals surface area contributed by atoms with Gasteiger partial charge in [0.05, 0.1) is 18.7 Å². The molecular weight excluding hydrogens is 465 g/mol. The highest BCUT2D eigenvalue weighted by molar-refractivity contribution is 6.18. The number of nitrogens with two attached hydrogens (primary N) is 1. The van der Waals surface area contributed by atoms with E-state index in [0.717, 1.165) is 0 Å². The van der Waals surface area contributed by atoms with Gasteiger partial charge in [-0.15, -0.1) is 0 Å². The second-order valence-electron chi connectivity index (χ2n) is 8.74. The number of ether oxygens (including phenoxy) is 2. The van der Waals surface area contributed by atoms with E-state index in [9.17, 15) is 18.8 Å². The van der Waals surface area contributed by atoms with Crippen molar-refractivity contribution in [2.75, 3.05) is 11.5 Å². The molecule has 36 heavy (non-hydrogen) atoms. The Hall–Kier alpha value is -4.40. The molecule has 0 saturated carbocycles. The lowest BCUT2D eigenvalue weighted by molar-refractivity contribution is -0.140. The average molecular weight is 490 g/mol. The SMILES string of the molecule is CCOC(=O)C1=C(N)Oc2cc(C)n(C)c(=O)c2C12C(=O)N(Cc1cccc(F)c1)c1ccccc12. The number of rotatable bonds is 4. The zero-order valence-corrected chi connectivity index (χ0v) is 20.0.